The highest BCUT2D eigenvalue weighted by atomic mass is 19.4. The van der Waals surface area contributed by atoms with E-state index >= 15 is 0 Å². The van der Waals surface area contributed by atoms with Crippen molar-refractivity contribution in [2.75, 3.05) is 13.1 Å². The van der Waals surface area contributed by atoms with Gasteiger partial charge in [0.25, 0.3) is 5.91 Å². The van der Waals surface area contributed by atoms with Gasteiger partial charge in [0.15, 0.2) is 5.69 Å². The summed E-state index contributed by atoms with van der Waals surface area (Å²) < 4.78 is 40.7. The molecule has 1 aromatic carbocycles. The molecule has 1 aliphatic heterocycles. The van der Waals surface area contributed by atoms with Crippen LogP contribution in [-0.4, -0.2) is 44.8 Å². The maximum absolute atomic E-state index is 13.1. The molecule has 2 aliphatic rings. The monoisotopic (exact) mass is 407 g/mol. The minimum atomic E-state index is -4.47. The molecule has 1 atom stereocenters. The molecule has 0 radical (unpaired) electrons. The molecular weight excluding hydrogens is 387 g/mol. The van der Waals surface area contributed by atoms with Gasteiger partial charge >= 0.3 is 12.1 Å². The third-order valence-corrected chi connectivity index (χ3v) is 5.61. The standard InChI is InChI=1S/C20H20F3N3O3/c21-20(22,23)13-5-1-6-14(10-13)26-16-8-2-7-15(16)17(24-26)18(27)25-9-3-4-12(11-25)19(28)29/h1,5-6,10,12H,2-4,7-9,11H2,(H,28,29)/t12-/m0/s1. The second-order valence-electron chi connectivity index (χ2n) is 7.52. The SMILES string of the molecule is O=C(O)[C@H]1CCCN(C(=O)c2nn(-c3cccc(C(F)(F)F)c3)c3c2CCC3)C1. The molecule has 4 rings (SSSR count). The van der Waals surface area contributed by atoms with Gasteiger partial charge in [0.1, 0.15) is 0 Å². The second-order valence-corrected chi connectivity index (χ2v) is 7.52. The Morgan fingerprint density at radius 1 is 1.17 bits per heavy atom. The average Bonchev–Trinajstić information content (AvgIpc) is 3.29. The van der Waals surface area contributed by atoms with E-state index in [0.717, 1.165) is 29.8 Å². The summed E-state index contributed by atoms with van der Waals surface area (Å²) in [5.74, 6) is -1.88. The lowest BCUT2D eigenvalue weighted by atomic mass is 9.98. The maximum atomic E-state index is 13.1. The number of nitrogens with zero attached hydrogens (tertiary/aromatic N) is 3. The number of carbonyl (C=O) groups is 2. The molecule has 2 heterocycles. The molecule has 2 aromatic rings. The third-order valence-electron chi connectivity index (χ3n) is 5.61. The van der Waals surface area contributed by atoms with Crippen LogP contribution in [0, 0.1) is 5.92 Å². The van der Waals surface area contributed by atoms with Gasteiger partial charge < -0.3 is 10.0 Å². The fourth-order valence-electron chi connectivity index (χ4n) is 4.15. The number of amides is 1. The zero-order chi connectivity index (χ0) is 20.8. The molecule has 154 valence electrons. The quantitative estimate of drug-likeness (QED) is 0.847. The average molecular weight is 407 g/mol. The third kappa shape index (κ3) is 3.61. The smallest absolute Gasteiger partial charge is 0.416 e. The highest BCUT2D eigenvalue weighted by Gasteiger charge is 2.34. The van der Waals surface area contributed by atoms with E-state index in [1.54, 1.807) is 0 Å². The molecule has 9 heteroatoms. The predicted octanol–water partition coefficient (Wildman–Crippen LogP) is 3.32. The molecule has 0 unspecified atom stereocenters. The number of carboxylic acid groups (broad SMARTS) is 1. The van der Waals surface area contributed by atoms with Gasteiger partial charge in [-0.1, -0.05) is 6.07 Å². The van der Waals surface area contributed by atoms with Crippen LogP contribution in [0.2, 0.25) is 0 Å². The van der Waals surface area contributed by atoms with Crippen LogP contribution in [0.25, 0.3) is 5.69 Å². The fraction of sp³-hybridized carbons (Fsp3) is 0.450. The van der Waals surface area contributed by atoms with Crippen LogP contribution < -0.4 is 0 Å². The van der Waals surface area contributed by atoms with Crippen LogP contribution in [0.4, 0.5) is 13.2 Å². The topological polar surface area (TPSA) is 75.4 Å². The van der Waals surface area contributed by atoms with Crippen molar-refractivity contribution in [2.24, 2.45) is 5.92 Å². The minimum Gasteiger partial charge on any atom is -0.481 e. The number of carboxylic acids is 1. The van der Waals surface area contributed by atoms with E-state index in [9.17, 15) is 27.9 Å². The summed E-state index contributed by atoms with van der Waals surface area (Å²) in [5, 5.41) is 13.6. The summed E-state index contributed by atoms with van der Waals surface area (Å²) in [6.07, 6.45) is -1.29. The van der Waals surface area contributed by atoms with Crippen LogP contribution in [0.1, 0.15) is 46.6 Å². The number of benzene rings is 1. The molecule has 0 saturated carbocycles. The van der Waals surface area contributed by atoms with E-state index < -0.39 is 23.6 Å². The fourth-order valence-corrected chi connectivity index (χ4v) is 4.15. The number of halogens is 3. The Kier molecular flexibility index (Phi) is 4.84. The Morgan fingerprint density at radius 2 is 1.97 bits per heavy atom. The summed E-state index contributed by atoms with van der Waals surface area (Å²) in [7, 11) is 0. The van der Waals surface area contributed by atoms with Crippen LogP contribution >= 0.6 is 0 Å². The largest absolute Gasteiger partial charge is 0.481 e. The first kappa shape index (κ1) is 19.5. The van der Waals surface area contributed by atoms with Crippen molar-refractivity contribution < 1.29 is 27.9 Å². The molecule has 1 saturated heterocycles. The number of aromatic nitrogens is 2. The van der Waals surface area contributed by atoms with Crippen molar-refractivity contribution >= 4 is 11.9 Å². The molecule has 6 nitrogen and oxygen atoms in total. The predicted molar refractivity (Wildman–Crippen MR) is 96.9 cm³/mol. The number of carbonyl (C=O) groups excluding carboxylic acids is 1. The Morgan fingerprint density at radius 3 is 2.69 bits per heavy atom. The number of likely N-dealkylation sites (tertiary alicyclic amines) is 1. The number of hydrogen-bond donors (Lipinski definition) is 1. The molecule has 0 bridgehead atoms. The van der Waals surface area contributed by atoms with E-state index in [1.165, 1.54) is 21.7 Å². The van der Waals surface area contributed by atoms with Crippen molar-refractivity contribution in [3.8, 4) is 5.69 Å². The van der Waals surface area contributed by atoms with Crippen molar-refractivity contribution in [1.29, 1.82) is 0 Å². The van der Waals surface area contributed by atoms with Crippen molar-refractivity contribution in [3.63, 3.8) is 0 Å². The molecule has 1 amide bonds. The number of hydrogen-bond acceptors (Lipinski definition) is 3. The summed E-state index contributed by atoms with van der Waals surface area (Å²) in [5.41, 5.74) is 1.22. The van der Waals surface area contributed by atoms with Gasteiger partial charge in [-0.3, -0.25) is 9.59 Å². The first-order valence-corrected chi connectivity index (χ1v) is 9.56. The first-order valence-electron chi connectivity index (χ1n) is 9.56. The van der Waals surface area contributed by atoms with Crippen molar-refractivity contribution in [2.45, 2.75) is 38.3 Å². The zero-order valence-electron chi connectivity index (χ0n) is 15.6. The Hall–Kier alpha value is -2.84. The molecule has 1 aliphatic carbocycles. The number of aliphatic carboxylic acids is 1. The normalized spacial score (nSPS) is 19.3. The Bertz CT molecular complexity index is 968. The van der Waals surface area contributed by atoms with Crippen molar-refractivity contribution in [1.82, 2.24) is 14.7 Å². The van der Waals surface area contributed by atoms with E-state index in [-0.39, 0.29) is 23.8 Å². The minimum absolute atomic E-state index is 0.124. The van der Waals surface area contributed by atoms with Crippen molar-refractivity contribution in [3.05, 3.63) is 46.8 Å². The highest BCUT2D eigenvalue weighted by Crippen LogP contribution is 2.33. The lowest BCUT2D eigenvalue weighted by molar-refractivity contribution is -0.143. The van der Waals surface area contributed by atoms with Crippen LogP contribution in [-0.2, 0) is 23.8 Å². The van der Waals surface area contributed by atoms with Crippen LogP contribution in [0.5, 0.6) is 0 Å². The van der Waals surface area contributed by atoms with Crippen LogP contribution in [0.15, 0.2) is 24.3 Å². The molecule has 1 aromatic heterocycles. The zero-order valence-corrected chi connectivity index (χ0v) is 15.6. The number of piperidine rings is 1. The lowest BCUT2D eigenvalue weighted by Crippen LogP contribution is -2.42. The van der Waals surface area contributed by atoms with E-state index in [2.05, 4.69) is 5.10 Å². The number of fused-ring (bicyclic) bond motifs is 1. The highest BCUT2D eigenvalue weighted by molar-refractivity contribution is 5.94. The first-order chi connectivity index (χ1) is 13.8. The van der Waals surface area contributed by atoms with Gasteiger partial charge in [-0.05, 0) is 50.3 Å². The van der Waals surface area contributed by atoms with Gasteiger partial charge in [0, 0.05) is 24.3 Å². The van der Waals surface area contributed by atoms with E-state index in [4.69, 9.17) is 0 Å². The van der Waals surface area contributed by atoms with E-state index in [1.807, 2.05) is 0 Å². The summed E-state index contributed by atoms with van der Waals surface area (Å²) in [6.45, 7) is 0.577. The number of rotatable bonds is 3. The number of alkyl halides is 3. The molecule has 0 spiro atoms. The maximum Gasteiger partial charge on any atom is 0.416 e. The Labute approximate surface area is 164 Å². The second kappa shape index (κ2) is 7.20. The summed E-state index contributed by atoms with van der Waals surface area (Å²) >= 11 is 0. The summed E-state index contributed by atoms with van der Waals surface area (Å²) in [6, 6.07) is 4.89. The van der Waals surface area contributed by atoms with Crippen LogP contribution in [0.3, 0.4) is 0 Å². The van der Waals surface area contributed by atoms with E-state index in [0.29, 0.717) is 32.2 Å². The van der Waals surface area contributed by atoms with Gasteiger partial charge in [-0.25, -0.2) is 4.68 Å². The van der Waals surface area contributed by atoms with Gasteiger partial charge in [0.2, 0.25) is 0 Å². The molecule has 29 heavy (non-hydrogen) atoms. The summed E-state index contributed by atoms with van der Waals surface area (Å²) in [4.78, 5) is 25.9. The molecular formula is C20H20F3N3O3. The Balaban J connectivity index is 1.69. The van der Waals surface area contributed by atoms with Gasteiger partial charge in [0.05, 0.1) is 17.2 Å². The molecule has 1 fully saturated rings. The van der Waals surface area contributed by atoms with Gasteiger partial charge in [-0.2, -0.15) is 18.3 Å². The lowest BCUT2D eigenvalue weighted by Gasteiger charge is -2.30. The van der Waals surface area contributed by atoms with Gasteiger partial charge in [-0.15, -0.1) is 0 Å². The molecule has 1 N–H and O–H groups in total.